The lowest BCUT2D eigenvalue weighted by Gasteiger charge is -2.14. The highest BCUT2D eigenvalue weighted by atomic mass is 19.1. The van der Waals surface area contributed by atoms with Crippen molar-refractivity contribution in [3.63, 3.8) is 0 Å². The van der Waals surface area contributed by atoms with Crippen LogP contribution in [0.3, 0.4) is 0 Å². The van der Waals surface area contributed by atoms with Gasteiger partial charge in [-0.2, -0.15) is 0 Å². The molecule has 0 saturated carbocycles. The molecule has 0 unspecified atom stereocenters. The molecule has 0 aliphatic heterocycles. The zero-order valence-electron chi connectivity index (χ0n) is 20.0. The summed E-state index contributed by atoms with van der Waals surface area (Å²) in [7, 11) is 1.34. The number of carbonyl (C=O) groups excluding carboxylic acids is 2. The number of ether oxygens (including phenoxy) is 2. The van der Waals surface area contributed by atoms with E-state index < -0.39 is 17.9 Å². The lowest BCUT2D eigenvalue weighted by Crippen LogP contribution is -2.13. The molecule has 4 aromatic rings. The maximum atomic E-state index is 14.0. The summed E-state index contributed by atoms with van der Waals surface area (Å²) in [6, 6.07) is 13.3. The van der Waals surface area contributed by atoms with Crippen molar-refractivity contribution in [3.8, 4) is 22.7 Å². The molecule has 0 aliphatic carbocycles. The van der Waals surface area contributed by atoms with Crippen LogP contribution in [-0.4, -0.2) is 34.2 Å². The summed E-state index contributed by atoms with van der Waals surface area (Å²) in [4.78, 5) is 32.9. The van der Waals surface area contributed by atoms with Crippen LogP contribution >= 0.6 is 0 Å². The molecule has 3 heterocycles. The number of esters is 2. The first kappa shape index (κ1) is 24.7. The van der Waals surface area contributed by atoms with Gasteiger partial charge < -0.3 is 14.0 Å². The smallest absolute Gasteiger partial charge is 0.311 e. The van der Waals surface area contributed by atoms with E-state index in [1.807, 2.05) is 6.07 Å². The molecule has 8 nitrogen and oxygen atoms in total. The predicted molar refractivity (Wildman–Crippen MR) is 128 cm³/mol. The van der Waals surface area contributed by atoms with E-state index in [0.29, 0.717) is 34.0 Å². The Labute approximate surface area is 207 Å². The molecule has 0 spiro atoms. The Bertz CT molecular complexity index is 1370. The number of hydrogen-bond donors (Lipinski definition) is 0. The summed E-state index contributed by atoms with van der Waals surface area (Å²) in [5, 5.41) is 3.99. The second-order valence-electron chi connectivity index (χ2n) is 8.14. The van der Waals surface area contributed by atoms with E-state index in [1.165, 1.54) is 13.2 Å². The van der Waals surface area contributed by atoms with Crippen LogP contribution in [0.2, 0.25) is 0 Å². The minimum absolute atomic E-state index is 0.101. The van der Waals surface area contributed by atoms with E-state index in [4.69, 9.17) is 9.26 Å². The van der Waals surface area contributed by atoms with Gasteiger partial charge in [-0.3, -0.25) is 19.6 Å². The van der Waals surface area contributed by atoms with Crippen LogP contribution in [0.4, 0.5) is 4.39 Å². The van der Waals surface area contributed by atoms with Crippen LogP contribution in [0.15, 0.2) is 65.4 Å². The maximum Gasteiger partial charge on any atom is 0.311 e. The number of halogens is 1. The average molecular weight is 490 g/mol. The van der Waals surface area contributed by atoms with Gasteiger partial charge in [0.15, 0.2) is 5.76 Å². The number of methoxy groups -OCH3 is 1. The summed E-state index contributed by atoms with van der Waals surface area (Å²) in [6.45, 7) is 3.35. The molecular formula is C27H24FN3O5. The average Bonchev–Trinajstić information content (AvgIpc) is 3.24. The quantitative estimate of drug-likeness (QED) is 0.325. The van der Waals surface area contributed by atoms with E-state index in [2.05, 4.69) is 19.9 Å². The molecule has 3 aromatic heterocycles. The van der Waals surface area contributed by atoms with Gasteiger partial charge in [-0.1, -0.05) is 29.4 Å². The van der Waals surface area contributed by atoms with E-state index in [-0.39, 0.29) is 18.8 Å². The fourth-order valence-corrected chi connectivity index (χ4v) is 3.67. The predicted octanol–water partition coefficient (Wildman–Crippen LogP) is 4.81. The number of aromatic nitrogens is 3. The van der Waals surface area contributed by atoms with Crippen LogP contribution in [0.5, 0.6) is 0 Å². The Kier molecular flexibility index (Phi) is 7.48. The Morgan fingerprint density at radius 1 is 0.972 bits per heavy atom. The number of nitrogens with zero attached hydrogens (tertiary/aromatic N) is 3. The van der Waals surface area contributed by atoms with Crippen LogP contribution in [0.25, 0.3) is 22.7 Å². The third kappa shape index (κ3) is 5.63. The zero-order valence-corrected chi connectivity index (χ0v) is 20.0. The molecule has 0 amide bonds. The molecule has 0 N–H and O–H groups in total. The lowest BCUT2D eigenvalue weighted by molar-refractivity contribution is -0.148. The SMILES string of the molecule is COC(=O)Cc1ccc(-c2ccc(-c3onc(C)c3CC(=O)O[C@H](C)c3ccccc3F)nc2)nc1. The van der Waals surface area contributed by atoms with Gasteiger partial charge in [0.25, 0.3) is 0 Å². The van der Waals surface area contributed by atoms with Crippen LogP contribution < -0.4 is 0 Å². The summed E-state index contributed by atoms with van der Waals surface area (Å²) >= 11 is 0. The third-order valence-corrected chi connectivity index (χ3v) is 5.65. The van der Waals surface area contributed by atoms with Crippen molar-refractivity contribution >= 4 is 11.9 Å². The number of pyridine rings is 2. The van der Waals surface area contributed by atoms with Gasteiger partial charge >= 0.3 is 11.9 Å². The van der Waals surface area contributed by atoms with E-state index in [0.717, 1.165) is 11.1 Å². The molecule has 0 radical (unpaired) electrons. The van der Waals surface area contributed by atoms with Crippen LogP contribution in [-0.2, 0) is 31.9 Å². The van der Waals surface area contributed by atoms with Crippen molar-refractivity contribution in [2.24, 2.45) is 0 Å². The van der Waals surface area contributed by atoms with Crippen LogP contribution in [0, 0.1) is 12.7 Å². The summed E-state index contributed by atoms with van der Waals surface area (Å²) < 4.78 is 29.6. The fourth-order valence-electron chi connectivity index (χ4n) is 3.67. The van der Waals surface area contributed by atoms with Crippen molar-refractivity contribution in [1.29, 1.82) is 0 Å². The number of benzene rings is 1. The topological polar surface area (TPSA) is 104 Å². The Balaban J connectivity index is 1.47. The zero-order chi connectivity index (χ0) is 25.7. The highest BCUT2D eigenvalue weighted by Crippen LogP contribution is 2.28. The first-order valence-corrected chi connectivity index (χ1v) is 11.2. The summed E-state index contributed by atoms with van der Waals surface area (Å²) in [5.74, 6) is -0.946. The minimum Gasteiger partial charge on any atom is -0.469 e. The van der Waals surface area contributed by atoms with Crippen molar-refractivity contribution in [1.82, 2.24) is 15.1 Å². The largest absolute Gasteiger partial charge is 0.469 e. The van der Waals surface area contributed by atoms with Gasteiger partial charge in [0, 0.05) is 29.1 Å². The molecular weight excluding hydrogens is 465 g/mol. The highest BCUT2D eigenvalue weighted by molar-refractivity contribution is 5.76. The summed E-state index contributed by atoms with van der Waals surface area (Å²) in [6.07, 6.45) is 2.56. The van der Waals surface area contributed by atoms with Gasteiger partial charge in [-0.25, -0.2) is 4.39 Å². The summed E-state index contributed by atoms with van der Waals surface area (Å²) in [5.41, 5.74) is 4.07. The second kappa shape index (κ2) is 10.9. The molecule has 0 aliphatic rings. The molecule has 1 atom stereocenters. The van der Waals surface area contributed by atoms with Gasteiger partial charge in [0.05, 0.1) is 31.3 Å². The molecule has 9 heteroatoms. The van der Waals surface area contributed by atoms with Crippen molar-refractivity contribution in [3.05, 3.63) is 89.1 Å². The van der Waals surface area contributed by atoms with Crippen molar-refractivity contribution in [2.75, 3.05) is 7.11 Å². The minimum atomic E-state index is -0.744. The van der Waals surface area contributed by atoms with Crippen molar-refractivity contribution < 1.29 is 28.0 Å². The molecule has 1 aromatic carbocycles. The standard InChI is InChI=1S/C27H24FN3O5/c1-16-21(13-26(33)35-17(2)20-6-4-5-7-22(20)28)27(36-31-16)24-11-9-19(15-30-24)23-10-8-18(14-29-23)12-25(32)34-3/h4-11,14-15,17H,12-13H2,1-3H3/t17-/m1/s1. The first-order valence-electron chi connectivity index (χ1n) is 11.2. The van der Waals surface area contributed by atoms with E-state index in [9.17, 15) is 14.0 Å². The number of hydrogen-bond acceptors (Lipinski definition) is 8. The Morgan fingerprint density at radius 3 is 2.39 bits per heavy atom. The molecule has 4 rings (SSSR count). The second-order valence-corrected chi connectivity index (χ2v) is 8.14. The lowest BCUT2D eigenvalue weighted by atomic mass is 10.1. The Hall–Kier alpha value is -4.40. The number of carbonyl (C=O) groups is 2. The monoisotopic (exact) mass is 489 g/mol. The molecule has 184 valence electrons. The van der Waals surface area contributed by atoms with Gasteiger partial charge in [-0.15, -0.1) is 0 Å². The first-order chi connectivity index (χ1) is 17.4. The maximum absolute atomic E-state index is 14.0. The molecule has 0 bridgehead atoms. The van der Waals surface area contributed by atoms with E-state index >= 15 is 0 Å². The molecule has 0 fully saturated rings. The van der Waals surface area contributed by atoms with Gasteiger partial charge in [0.1, 0.15) is 17.6 Å². The Morgan fingerprint density at radius 2 is 1.72 bits per heavy atom. The number of rotatable bonds is 8. The normalized spacial score (nSPS) is 11.7. The van der Waals surface area contributed by atoms with Crippen LogP contribution in [0.1, 0.15) is 35.4 Å². The fraction of sp³-hybridized carbons (Fsp3) is 0.222. The van der Waals surface area contributed by atoms with Crippen molar-refractivity contribution in [2.45, 2.75) is 32.8 Å². The highest BCUT2D eigenvalue weighted by Gasteiger charge is 2.22. The molecule has 36 heavy (non-hydrogen) atoms. The number of aryl methyl sites for hydroxylation is 1. The molecule has 0 saturated heterocycles. The van der Waals surface area contributed by atoms with Gasteiger partial charge in [0.2, 0.25) is 0 Å². The van der Waals surface area contributed by atoms with Gasteiger partial charge in [-0.05, 0) is 43.7 Å². The third-order valence-electron chi connectivity index (χ3n) is 5.65. The van der Waals surface area contributed by atoms with E-state index in [1.54, 1.807) is 62.6 Å².